The van der Waals surface area contributed by atoms with Crippen LogP contribution in [0.15, 0.2) is 0 Å². The molecule has 3 heteroatoms. The maximum atomic E-state index is 11.4. The van der Waals surface area contributed by atoms with E-state index in [9.17, 15) is 4.79 Å². The molecule has 0 aromatic rings. The molecule has 13 heavy (non-hydrogen) atoms. The summed E-state index contributed by atoms with van der Waals surface area (Å²) in [6.07, 6.45) is 1.07. The van der Waals surface area contributed by atoms with E-state index in [1.165, 1.54) is 0 Å². The Balaban J connectivity index is 2.66. The van der Waals surface area contributed by atoms with Crippen LogP contribution in [0.3, 0.4) is 0 Å². The number of carbonyl (C=O) groups excluding carboxylic acids is 1. The SMILES string of the molecule is CC(=O)N1CCCNCC1C(C)C. The van der Waals surface area contributed by atoms with Crippen LogP contribution in [0, 0.1) is 5.92 Å². The molecular weight excluding hydrogens is 164 g/mol. The zero-order chi connectivity index (χ0) is 9.84. The third-order valence-electron chi connectivity index (χ3n) is 2.68. The Kier molecular flexibility index (Phi) is 3.72. The standard InChI is InChI=1S/C10H20N2O/c1-8(2)10-7-11-5-4-6-12(10)9(3)13/h8,10-11H,4-7H2,1-3H3. The lowest BCUT2D eigenvalue weighted by atomic mass is 10.0. The van der Waals surface area contributed by atoms with Gasteiger partial charge in [-0.2, -0.15) is 0 Å². The molecule has 1 saturated heterocycles. The van der Waals surface area contributed by atoms with Gasteiger partial charge in [0.1, 0.15) is 0 Å². The van der Waals surface area contributed by atoms with Gasteiger partial charge in [0.2, 0.25) is 5.91 Å². The normalized spacial score (nSPS) is 24.6. The Morgan fingerprint density at radius 2 is 2.23 bits per heavy atom. The number of carbonyl (C=O) groups is 1. The number of hydrogen-bond acceptors (Lipinski definition) is 2. The molecular formula is C10H20N2O. The van der Waals surface area contributed by atoms with Gasteiger partial charge in [-0.25, -0.2) is 0 Å². The van der Waals surface area contributed by atoms with Crippen molar-refractivity contribution in [2.45, 2.75) is 33.2 Å². The monoisotopic (exact) mass is 184 g/mol. The first kappa shape index (κ1) is 10.5. The zero-order valence-corrected chi connectivity index (χ0v) is 8.84. The molecule has 0 radical (unpaired) electrons. The zero-order valence-electron chi connectivity index (χ0n) is 8.84. The van der Waals surface area contributed by atoms with Crippen LogP contribution < -0.4 is 5.32 Å². The van der Waals surface area contributed by atoms with Crippen molar-refractivity contribution in [2.24, 2.45) is 5.92 Å². The average molecular weight is 184 g/mol. The topological polar surface area (TPSA) is 32.3 Å². The summed E-state index contributed by atoms with van der Waals surface area (Å²) in [5, 5.41) is 3.37. The van der Waals surface area contributed by atoms with Crippen LogP contribution in [0.1, 0.15) is 27.2 Å². The molecule has 0 aromatic carbocycles. The first-order valence-electron chi connectivity index (χ1n) is 5.11. The molecule has 0 aromatic heterocycles. The second-order valence-corrected chi connectivity index (χ2v) is 4.08. The Labute approximate surface area is 80.5 Å². The van der Waals surface area contributed by atoms with Crippen molar-refractivity contribution in [3.63, 3.8) is 0 Å². The second-order valence-electron chi connectivity index (χ2n) is 4.08. The smallest absolute Gasteiger partial charge is 0.219 e. The van der Waals surface area contributed by atoms with Crippen LogP contribution in [0.5, 0.6) is 0 Å². The lowest BCUT2D eigenvalue weighted by Gasteiger charge is -2.31. The van der Waals surface area contributed by atoms with E-state index >= 15 is 0 Å². The van der Waals surface area contributed by atoms with Gasteiger partial charge in [0.05, 0.1) is 0 Å². The summed E-state index contributed by atoms with van der Waals surface area (Å²) >= 11 is 0. The van der Waals surface area contributed by atoms with Gasteiger partial charge in [-0.3, -0.25) is 4.79 Å². The highest BCUT2D eigenvalue weighted by molar-refractivity contribution is 5.73. The number of nitrogens with zero attached hydrogens (tertiary/aromatic N) is 1. The first-order chi connectivity index (χ1) is 6.13. The van der Waals surface area contributed by atoms with Crippen LogP contribution in [0.4, 0.5) is 0 Å². The van der Waals surface area contributed by atoms with Crippen molar-refractivity contribution in [1.82, 2.24) is 10.2 Å². The minimum atomic E-state index is 0.211. The fraction of sp³-hybridized carbons (Fsp3) is 0.900. The minimum Gasteiger partial charge on any atom is -0.338 e. The summed E-state index contributed by atoms with van der Waals surface area (Å²) in [7, 11) is 0. The van der Waals surface area contributed by atoms with Gasteiger partial charge in [-0.05, 0) is 18.9 Å². The van der Waals surface area contributed by atoms with Gasteiger partial charge in [-0.15, -0.1) is 0 Å². The Bertz CT molecular complexity index is 180. The van der Waals surface area contributed by atoms with Crippen LogP contribution in [-0.4, -0.2) is 36.5 Å². The maximum Gasteiger partial charge on any atom is 0.219 e. The molecule has 1 N–H and O–H groups in total. The summed E-state index contributed by atoms with van der Waals surface area (Å²) in [6, 6.07) is 0.375. The molecule has 0 spiro atoms. The highest BCUT2D eigenvalue weighted by Gasteiger charge is 2.24. The molecule has 76 valence electrons. The van der Waals surface area contributed by atoms with Crippen molar-refractivity contribution in [3.05, 3.63) is 0 Å². The van der Waals surface area contributed by atoms with E-state index in [-0.39, 0.29) is 5.91 Å². The van der Waals surface area contributed by atoms with Gasteiger partial charge in [0, 0.05) is 26.1 Å². The molecule has 0 saturated carbocycles. The first-order valence-corrected chi connectivity index (χ1v) is 5.11. The average Bonchev–Trinajstić information content (AvgIpc) is 2.27. The van der Waals surface area contributed by atoms with E-state index in [4.69, 9.17) is 0 Å². The van der Waals surface area contributed by atoms with Crippen LogP contribution in [0.2, 0.25) is 0 Å². The third-order valence-corrected chi connectivity index (χ3v) is 2.68. The molecule has 0 aliphatic carbocycles. The van der Waals surface area contributed by atoms with Crippen LogP contribution >= 0.6 is 0 Å². The van der Waals surface area contributed by atoms with Crippen molar-refractivity contribution >= 4 is 5.91 Å². The fourth-order valence-electron chi connectivity index (χ4n) is 1.89. The van der Waals surface area contributed by atoms with Crippen LogP contribution in [0.25, 0.3) is 0 Å². The quantitative estimate of drug-likeness (QED) is 0.655. The molecule has 1 fully saturated rings. The van der Waals surface area contributed by atoms with Gasteiger partial charge >= 0.3 is 0 Å². The van der Waals surface area contributed by atoms with Crippen molar-refractivity contribution in [3.8, 4) is 0 Å². The fourth-order valence-corrected chi connectivity index (χ4v) is 1.89. The van der Waals surface area contributed by atoms with Crippen molar-refractivity contribution in [1.29, 1.82) is 0 Å². The molecule has 1 rings (SSSR count). The van der Waals surface area contributed by atoms with Gasteiger partial charge < -0.3 is 10.2 Å². The predicted octanol–water partition coefficient (Wildman–Crippen LogP) is 0.853. The van der Waals surface area contributed by atoms with E-state index in [2.05, 4.69) is 19.2 Å². The van der Waals surface area contributed by atoms with E-state index in [1.54, 1.807) is 6.92 Å². The van der Waals surface area contributed by atoms with E-state index < -0.39 is 0 Å². The molecule has 0 bridgehead atoms. The molecule has 1 aliphatic rings. The van der Waals surface area contributed by atoms with E-state index in [1.807, 2.05) is 4.90 Å². The lowest BCUT2D eigenvalue weighted by molar-refractivity contribution is -0.131. The van der Waals surface area contributed by atoms with Gasteiger partial charge in [0.25, 0.3) is 0 Å². The van der Waals surface area contributed by atoms with Crippen molar-refractivity contribution in [2.75, 3.05) is 19.6 Å². The van der Waals surface area contributed by atoms with E-state index in [0.29, 0.717) is 12.0 Å². The third kappa shape index (κ3) is 2.69. The molecule has 1 heterocycles. The lowest BCUT2D eigenvalue weighted by Crippen LogP contribution is -2.45. The highest BCUT2D eigenvalue weighted by atomic mass is 16.2. The van der Waals surface area contributed by atoms with Crippen molar-refractivity contribution < 1.29 is 4.79 Å². The molecule has 1 atom stereocenters. The number of rotatable bonds is 1. The highest BCUT2D eigenvalue weighted by Crippen LogP contribution is 2.13. The van der Waals surface area contributed by atoms with Gasteiger partial charge in [0.15, 0.2) is 0 Å². The Hall–Kier alpha value is -0.570. The van der Waals surface area contributed by atoms with Gasteiger partial charge in [-0.1, -0.05) is 13.8 Å². The molecule has 1 amide bonds. The number of amides is 1. The molecule has 3 nitrogen and oxygen atoms in total. The summed E-state index contributed by atoms with van der Waals surface area (Å²) in [4.78, 5) is 13.4. The summed E-state index contributed by atoms with van der Waals surface area (Å²) in [5.41, 5.74) is 0. The molecule has 1 unspecified atom stereocenters. The summed E-state index contributed by atoms with van der Waals surface area (Å²) < 4.78 is 0. The number of nitrogens with one attached hydrogen (secondary N) is 1. The molecule has 1 aliphatic heterocycles. The largest absolute Gasteiger partial charge is 0.338 e. The predicted molar refractivity (Wildman–Crippen MR) is 53.5 cm³/mol. The Morgan fingerprint density at radius 3 is 2.77 bits per heavy atom. The summed E-state index contributed by atoms with van der Waals surface area (Å²) in [5.74, 6) is 0.747. The van der Waals surface area contributed by atoms with Crippen LogP contribution in [-0.2, 0) is 4.79 Å². The minimum absolute atomic E-state index is 0.211. The maximum absolute atomic E-state index is 11.4. The second kappa shape index (κ2) is 4.61. The number of hydrogen-bond donors (Lipinski definition) is 1. The summed E-state index contributed by atoms with van der Waals surface area (Å²) in [6.45, 7) is 8.90. The Morgan fingerprint density at radius 1 is 1.54 bits per heavy atom. The van der Waals surface area contributed by atoms with E-state index in [0.717, 1.165) is 26.1 Å².